The molecule has 1 aliphatic rings. The van der Waals surface area contributed by atoms with E-state index in [4.69, 9.17) is 14.2 Å². The zero-order chi connectivity index (χ0) is 24.2. The average molecular weight is 465 g/mol. The van der Waals surface area contributed by atoms with Crippen LogP contribution in [0.4, 0.5) is 0 Å². The molecule has 1 amide bonds. The van der Waals surface area contributed by atoms with Gasteiger partial charge in [0.1, 0.15) is 5.75 Å². The van der Waals surface area contributed by atoms with Gasteiger partial charge in [0.2, 0.25) is 0 Å². The lowest BCUT2D eigenvalue weighted by Crippen LogP contribution is -2.43. The molecule has 1 aromatic heterocycles. The number of carbonyl (C=O) groups is 1. The largest absolute Gasteiger partial charge is 0.494 e. The van der Waals surface area contributed by atoms with Crippen LogP contribution in [0.15, 0.2) is 47.4 Å². The lowest BCUT2D eigenvalue weighted by atomic mass is 9.97. The second kappa shape index (κ2) is 10.2. The van der Waals surface area contributed by atoms with E-state index in [1.807, 2.05) is 36.1 Å². The highest BCUT2D eigenvalue weighted by atomic mass is 16.5. The molecular formula is C27H32N2O5. The van der Waals surface area contributed by atoms with Crippen LogP contribution in [0.1, 0.15) is 49.9 Å². The van der Waals surface area contributed by atoms with Crippen LogP contribution < -0.4 is 19.8 Å². The summed E-state index contributed by atoms with van der Waals surface area (Å²) in [4.78, 5) is 29.4. The van der Waals surface area contributed by atoms with Crippen molar-refractivity contribution in [3.63, 3.8) is 0 Å². The average Bonchev–Trinajstić information content (AvgIpc) is 2.88. The first-order chi connectivity index (χ1) is 16.5. The number of hydrogen-bond donors (Lipinski definition) is 0. The molecule has 1 saturated heterocycles. The topological polar surface area (TPSA) is 70.0 Å². The van der Waals surface area contributed by atoms with Crippen molar-refractivity contribution in [2.75, 3.05) is 27.4 Å². The molecule has 180 valence electrons. The molecule has 3 aromatic rings. The van der Waals surface area contributed by atoms with Gasteiger partial charge in [-0.05, 0) is 69.0 Å². The van der Waals surface area contributed by atoms with Gasteiger partial charge in [0.15, 0.2) is 11.5 Å². The first kappa shape index (κ1) is 23.7. The Bertz CT molecular complexity index is 1230. The van der Waals surface area contributed by atoms with Gasteiger partial charge in [-0.2, -0.15) is 0 Å². The van der Waals surface area contributed by atoms with Crippen molar-refractivity contribution in [3.05, 3.63) is 58.5 Å². The van der Waals surface area contributed by atoms with Crippen LogP contribution >= 0.6 is 0 Å². The number of benzene rings is 2. The Balaban J connectivity index is 1.94. The third-order valence-electron chi connectivity index (χ3n) is 6.54. The molecule has 0 aliphatic carbocycles. The highest BCUT2D eigenvalue weighted by Crippen LogP contribution is 2.34. The summed E-state index contributed by atoms with van der Waals surface area (Å²) in [6.45, 7) is 5.31. The van der Waals surface area contributed by atoms with Gasteiger partial charge in [0.25, 0.3) is 11.5 Å². The van der Waals surface area contributed by atoms with Crippen molar-refractivity contribution in [1.29, 1.82) is 0 Å². The molecule has 2 heterocycles. The monoisotopic (exact) mass is 464 g/mol. The Morgan fingerprint density at radius 2 is 1.68 bits per heavy atom. The number of nitrogens with zero attached hydrogens (tertiary/aromatic N) is 2. The number of piperidine rings is 1. The van der Waals surface area contributed by atoms with E-state index in [1.54, 1.807) is 25.4 Å². The third-order valence-corrected chi connectivity index (χ3v) is 6.54. The predicted molar refractivity (Wildman–Crippen MR) is 133 cm³/mol. The summed E-state index contributed by atoms with van der Waals surface area (Å²) in [6, 6.07) is 10.9. The first-order valence-corrected chi connectivity index (χ1v) is 11.9. The zero-order valence-corrected chi connectivity index (χ0v) is 20.3. The van der Waals surface area contributed by atoms with Crippen molar-refractivity contribution < 1.29 is 19.0 Å². The van der Waals surface area contributed by atoms with E-state index in [0.717, 1.165) is 31.4 Å². The maximum Gasteiger partial charge on any atom is 0.263 e. The molecule has 7 heteroatoms. The van der Waals surface area contributed by atoms with Crippen LogP contribution in [0.3, 0.4) is 0 Å². The number of ether oxygens (including phenoxy) is 3. The van der Waals surface area contributed by atoms with Gasteiger partial charge in [0, 0.05) is 29.9 Å². The number of hydrogen-bond acceptors (Lipinski definition) is 5. The lowest BCUT2D eigenvalue weighted by Gasteiger charge is -2.35. The van der Waals surface area contributed by atoms with Crippen molar-refractivity contribution >= 4 is 16.7 Å². The van der Waals surface area contributed by atoms with E-state index in [9.17, 15) is 9.59 Å². The summed E-state index contributed by atoms with van der Waals surface area (Å²) in [5, 5.41) is 0.970. The SMILES string of the molecule is CCOc1ccc(-n2cc(C(=O)N3CCCCC3CC)c3cc(OC)c(OC)cc3c2=O)cc1. The quantitative estimate of drug-likeness (QED) is 0.502. The van der Waals surface area contributed by atoms with Crippen LogP contribution in [0.25, 0.3) is 16.5 Å². The number of pyridine rings is 1. The Morgan fingerprint density at radius 3 is 2.29 bits per heavy atom. The van der Waals surface area contributed by atoms with E-state index >= 15 is 0 Å². The van der Waals surface area contributed by atoms with Gasteiger partial charge in [0.05, 0.1) is 31.8 Å². The Kier molecular flexibility index (Phi) is 7.10. The molecule has 0 spiro atoms. The van der Waals surface area contributed by atoms with E-state index in [2.05, 4.69) is 6.92 Å². The smallest absolute Gasteiger partial charge is 0.263 e. The highest BCUT2D eigenvalue weighted by molar-refractivity contribution is 6.07. The minimum absolute atomic E-state index is 0.0662. The minimum Gasteiger partial charge on any atom is -0.494 e. The Hall–Kier alpha value is -3.48. The summed E-state index contributed by atoms with van der Waals surface area (Å²) >= 11 is 0. The number of aromatic nitrogens is 1. The Morgan fingerprint density at radius 1 is 1.00 bits per heavy atom. The summed E-state index contributed by atoms with van der Waals surface area (Å²) in [6.07, 6.45) is 5.67. The first-order valence-electron chi connectivity index (χ1n) is 11.9. The van der Waals surface area contributed by atoms with Crippen LogP contribution in [0.5, 0.6) is 17.2 Å². The fourth-order valence-electron chi connectivity index (χ4n) is 4.74. The molecule has 0 N–H and O–H groups in total. The standard InChI is InChI=1S/C27H32N2O5/c1-5-18-9-7-8-14-28(18)27(31)23-17-29(19-10-12-20(13-11-19)34-6-2)26(30)22-16-25(33-4)24(32-3)15-21(22)23/h10-13,15-18H,5-9,14H2,1-4H3. The summed E-state index contributed by atoms with van der Waals surface area (Å²) in [7, 11) is 3.08. The number of fused-ring (bicyclic) bond motifs is 1. The molecule has 34 heavy (non-hydrogen) atoms. The van der Waals surface area contributed by atoms with E-state index in [-0.39, 0.29) is 17.5 Å². The molecular weight excluding hydrogens is 432 g/mol. The van der Waals surface area contributed by atoms with Crippen molar-refractivity contribution in [2.24, 2.45) is 0 Å². The van der Waals surface area contributed by atoms with Gasteiger partial charge in [-0.25, -0.2) is 0 Å². The van der Waals surface area contributed by atoms with Crippen molar-refractivity contribution in [3.8, 4) is 22.9 Å². The maximum atomic E-state index is 13.9. The summed E-state index contributed by atoms with van der Waals surface area (Å²) in [5.41, 5.74) is 0.900. The predicted octanol–water partition coefficient (Wildman–Crippen LogP) is 4.81. The van der Waals surface area contributed by atoms with Crippen LogP contribution in [0, 0.1) is 0 Å². The number of methoxy groups -OCH3 is 2. The molecule has 0 saturated carbocycles. The molecule has 1 unspecified atom stereocenters. The molecule has 1 fully saturated rings. The fourth-order valence-corrected chi connectivity index (χ4v) is 4.74. The molecule has 7 nitrogen and oxygen atoms in total. The second-order valence-electron chi connectivity index (χ2n) is 8.45. The number of amides is 1. The molecule has 4 rings (SSSR count). The van der Waals surface area contributed by atoms with Crippen molar-refractivity contribution in [1.82, 2.24) is 9.47 Å². The number of carbonyl (C=O) groups excluding carboxylic acids is 1. The molecule has 1 atom stereocenters. The summed E-state index contributed by atoms with van der Waals surface area (Å²) < 4.78 is 18.0. The third kappa shape index (κ3) is 4.34. The van der Waals surface area contributed by atoms with Crippen LogP contribution in [-0.4, -0.2) is 48.8 Å². The van der Waals surface area contributed by atoms with Gasteiger partial charge < -0.3 is 19.1 Å². The normalized spacial score (nSPS) is 15.9. The number of likely N-dealkylation sites (tertiary alicyclic amines) is 1. The minimum atomic E-state index is -0.234. The van der Waals surface area contributed by atoms with Crippen LogP contribution in [0.2, 0.25) is 0 Å². The molecule has 0 radical (unpaired) electrons. The zero-order valence-electron chi connectivity index (χ0n) is 20.3. The van der Waals surface area contributed by atoms with Gasteiger partial charge >= 0.3 is 0 Å². The van der Waals surface area contributed by atoms with Gasteiger partial charge in [-0.15, -0.1) is 0 Å². The second-order valence-corrected chi connectivity index (χ2v) is 8.45. The molecule has 0 bridgehead atoms. The van der Waals surface area contributed by atoms with Gasteiger partial charge in [-0.1, -0.05) is 6.92 Å². The molecule has 1 aliphatic heterocycles. The van der Waals surface area contributed by atoms with E-state index < -0.39 is 0 Å². The lowest BCUT2D eigenvalue weighted by molar-refractivity contribution is 0.0609. The fraction of sp³-hybridized carbons (Fsp3) is 0.407. The molecule has 2 aromatic carbocycles. The van der Waals surface area contributed by atoms with E-state index in [1.165, 1.54) is 11.7 Å². The summed E-state index contributed by atoms with van der Waals surface area (Å²) in [5.74, 6) is 1.58. The maximum absolute atomic E-state index is 13.9. The van der Waals surface area contributed by atoms with E-state index in [0.29, 0.717) is 46.7 Å². The Labute approximate surface area is 199 Å². The van der Waals surface area contributed by atoms with Gasteiger partial charge in [-0.3, -0.25) is 14.2 Å². The van der Waals surface area contributed by atoms with Crippen molar-refractivity contribution in [2.45, 2.75) is 45.6 Å². The van der Waals surface area contributed by atoms with Crippen LogP contribution in [-0.2, 0) is 0 Å². The highest BCUT2D eigenvalue weighted by Gasteiger charge is 2.29. The number of rotatable bonds is 7.